The van der Waals surface area contributed by atoms with E-state index in [1.807, 2.05) is 48.5 Å². The molecule has 27 heavy (non-hydrogen) atoms. The minimum absolute atomic E-state index is 0.212. The van der Waals surface area contributed by atoms with Crippen molar-refractivity contribution in [2.24, 2.45) is 5.10 Å². The Balaban J connectivity index is 1.51. The van der Waals surface area contributed by atoms with Crippen molar-refractivity contribution in [2.75, 3.05) is 0 Å². The molecule has 0 bridgehead atoms. The molecular formula is C21H16BrFN2O2. The molecule has 0 unspecified atom stereocenters. The quantitative estimate of drug-likeness (QED) is 0.448. The zero-order chi connectivity index (χ0) is 19.1. The van der Waals surface area contributed by atoms with Crippen LogP contribution >= 0.6 is 15.9 Å². The molecule has 0 heterocycles. The average Bonchev–Trinajstić information content (AvgIpc) is 2.68. The fourth-order valence-corrected chi connectivity index (χ4v) is 2.52. The van der Waals surface area contributed by atoms with Gasteiger partial charge in [-0.3, -0.25) is 4.79 Å². The number of nitrogens with zero attached hydrogens (tertiary/aromatic N) is 1. The molecule has 0 saturated carbocycles. The van der Waals surface area contributed by atoms with Crippen LogP contribution in [0.3, 0.4) is 0 Å². The van der Waals surface area contributed by atoms with Crippen LogP contribution in [0.4, 0.5) is 4.39 Å². The number of hydrazone groups is 1. The van der Waals surface area contributed by atoms with Crippen LogP contribution in [0, 0.1) is 5.82 Å². The van der Waals surface area contributed by atoms with Gasteiger partial charge in [0.15, 0.2) is 0 Å². The summed E-state index contributed by atoms with van der Waals surface area (Å²) in [5, 5.41) is 3.89. The van der Waals surface area contributed by atoms with Gasteiger partial charge in [-0.05, 0) is 65.7 Å². The second-order valence-electron chi connectivity index (χ2n) is 5.69. The summed E-state index contributed by atoms with van der Waals surface area (Å²) in [6.07, 6.45) is 1.51. The predicted octanol–water partition coefficient (Wildman–Crippen LogP) is 4.93. The fourth-order valence-electron chi connectivity index (χ4n) is 2.26. The lowest BCUT2D eigenvalue weighted by Crippen LogP contribution is -2.17. The van der Waals surface area contributed by atoms with E-state index in [1.54, 1.807) is 0 Å². The molecule has 3 rings (SSSR count). The lowest BCUT2D eigenvalue weighted by atomic mass is 10.2. The van der Waals surface area contributed by atoms with Gasteiger partial charge in [0.1, 0.15) is 18.2 Å². The van der Waals surface area contributed by atoms with E-state index in [0.717, 1.165) is 27.4 Å². The van der Waals surface area contributed by atoms with Crippen LogP contribution in [-0.2, 0) is 6.61 Å². The molecule has 4 nitrogen and oxygen atoms in total. The summed E-state index contributed by atoms with van der Waals surface area (Å²) in [6, 6.07) is 20.7. The van der Waals surface area contributed by atoms with Crippen LogP contribution < -0.4 is 10.2 Å². The first-order valence-electron chi connectivity index (χ1n) is 8.16. The minimum Gasteiger partial charge on any atom is -0.489 e. The maximum atomic E-state index is 13.1. The van der Waals surface area contributed by atoms with Gasteiger partial charge in [-0.2, -0.15) is 5.10 Å². The van der Waals surface area contributed by atoms with E-state index < -0.39 is 11.7 Å². The summed E-state index contributed by atoms with van der Waals surface area (Å²) in [7, 11) is 0. The zero-order valence-corrected chi connectivity index (χ0v) is 15.8. The van der Waals surface area contributed by atoms with E-state index in [-0.39, 0.29) is 5.56 Å². The number of hydrogen-bond acceptors (Lipinski definition) is 3. The molecule has 6 heteroatoms. The summed E-state index contributed by atoms with van der Waals surface area (Å²) in [5.74, 6) is -0.204. The van der Waals surface area contributed by atoms with Crippen molar-refractivity contribution in [1.29, 1.82) is 0 Å². The first-order chi connectivity index (χ1) is 13.1. The average molecular weight is 427 g/mol. The van der Waals surface area contributed by atoms with Crippen molar-refractivity contribution in [1.82, 2.24) is 5.43 Å². The minimum atomic E-state index is -0.472. The molecule has 0 aliphatic rings. The molecule has 0 aliphatic heterocycles. The van der Waals surface area contributed by atoms with Gasteiger partial charge in [0.2, 0.25) is 0 Å². The van der Waals surface area contributed by atoms with Gasteiger partial charge in [-0.25, -0.2) is 9.82 Å². The van der Waals surface area contributed by atoms with Crippen molar-refractivity contribution in [2.45, 2.75) is 6.61 Å². The Bertz CT molecular complexity index is 941. The van der Waals surface area contributed by atoms with Crippen LogP contribution in [0.25, 0.3) is 0 Å². The number of benzene rings is 3. The number of ether oxygens (including phenoxy) is 1. The summed E-state index contributed by atoms with van der Waals surface area (Å²) >= 11 is 3.40. The number of carbonyl (C=O) groups excluding carboxylic acids is 1. The Morgan fingerprint density at radius 2 is 1.81 bits per heavy atom. The molecule has 0 atom stereocenters. The largest absolute Gasteiger partial charge is 0.489 e. The molecular weight excluding hydrogens is 411 g/mol. The van der Waals surface area contributed by atoms with Gasteiger partial charge in [-0.15, -0.1) is 0 Å². The first-order valence-corrected chi connectivity index (χ1v) is 8.96. The van der Waals surface area contributed by atoms with Gasteiger partial charge in [-0.1, -0.05) is 34.1 Å². The van der Waals surface area contributed by atoms with Gasteiger partial charge in [0.25, 0.3) is 5.91 Å². The fraction of sp³-hybridized carbons (Fsp3) is 0.0476. The Hall–Kier alpha value is -2.99. The maximum Gasteiger partial charge on any atom is 0.271 e. The highest BCUT2D eigenvalue weighted by Gasteiger charge is 2.04. The Morgan fingerprint density at radius 3 is 2.52 bits per heavy atom. The zero-order valence-electron chi connectivity index (χ0n) is 14.2. The highest BCUT2D eigenvalue weighted by molar-refractivity contribution is 9.10. The highest BCUT2D eigenvalue weighted by Crippen LogP contribution is 2.15. The molecule has 1 N–H and O–H groups in total. The van der Waals surface area contributed by atoms with Gasteiger partial charge in [0, 0.05) is 10.0 Å². The Labute approximate surface area is 164 Å². The third-order valence-corrected chi connectivity index (χ3v) is 4.19. The number of halogens is 2. The highest BCUT2D eigenvalue weighted by atomic mass is 79.9. The number of carbonyl (C=O) groups is 1. The monoisotopic (exact) mass is 426 g/mol. The Kier molecular flexibility index (Phi) is 6.33. The molecule has 0 radical (unpaired) electrons. The molecule has 0 aliphatic carbocycles. The van der Waals surface area contributed by atoms with Gasteiger partial charge < -0.3 is 4.74 Å². The van der Waals surface area contributed by atoms with Crippen molar-refractivity contribution in [3.8, 4) is 5.75 Å². The van der Waals surface area contributed by atoms with E-state index in [2.05, 4.69) is 26.5 Å². The summed E-state index contributed by atoms with van der Waals surface area (Å²) in [5.41, 5.74) is 4.45. The van der Waals surface area contributed by atoms with Crippen LogP contribution in [0.15, 0.2) is 82.4 Å². The van der Waals surface area contributed by atoms with Crippen LogP contribution in [0.5, 0.6) is 5.75 Å². The van der Waals surface area contributed by atoms with Crippen LogP contribution in [0.2, 0.25) is 0 Å². The normalized spacial score (nSPS) is 10.7. The second kappa shape index (κ2) is 9.09. The van der Waals surface area contributed by atoms with Crippen molar-refractivity contribution in [3.63, 3.8) is 0 Å². The topological polar surface area (TPSA) is 50.7 Å². The van der Waals surface area contributed by atoms with Crippen LogP contribution in [0.1, 0.15) is 21.5 Å². The summed E-state index contributed by atoms with van der Waals surface area (Å²) in [6.45, 7) is 0.477. The van der Waals surface area contributed by atoms with Crippen molar-refractivity contribution < 1.29 is 13.9 Å². The summed E-state index contributed by atoms with van der Waals surface area (Å²) < 4.78 is 19.9. The van der Waals surface area contributed by atoms with Crippen LogP contribution in [-0.4, -0.2) is 12.1 Å². The maximum absolute atomic E-state index is 13.1. The van der Waals surface area contributed by atoms with E-state index >= 15 is 0 Å². The molecule has 0 fully saturated rings. The smallest absolute Gasteiger partial charge is 0.271 e. The standard InChI is InChI=1S/C21H16BrFN2O2/c22-18-8-4-16(5-9-18)14-27-20-10-6-15(7-11-20)13-24-25-21(26)17-2-1-3-19(23)12-17/h1-13H,14H2,(H,25,26). The van der Waals surface area contributed by atoms with E-state index in [0.29, 0.717) is 6.61 Å². The number of amides is 1. The molecule has 0 aromatic heterocycles. The molecule has 3 aromatic carbocycles. The third-order valence-electron chi connectivity index (χ3n) is 3.67. The number of hydrogen-bond donors (Lipinski definition) is 1. The van der Waals surface area contributed by atoms with Crippen molar-refractivity contribution >= 4 is 28.1 Å². The summed E-state index contributed by atoms with van der Waals surface area (Å²) in [4.78, 5) is 11.9. The first kappa shape index (κ1) is 18.8. The SMILES string of the molecule is O=C(NN=Cc1ccc(OCc2ccc(Br)cc2)cc1)c1cccc(F)c1. The lowest BCUT2D eigenvalue weighted by molar-refractivity contribution is 0.0954. The molecule has 136 valence electrons. The van der Waals surface area contributed by atoms with Crippen molar-refractivity contribution in [3.05, 3.63) is 99.8 Å². The molecule has 0 spiro atoms. The Morgan fingerprint density at radius 1 is 1.07 bits per heavy atom. The van der Waals surface area contributed by atoms with Gasteiger partial charge in [0.05, 0.1) is 6.21 Å². The van der Waals surface area contributed by atoms with E-state index in [4.69, 9.17) is 4.74 Å². The van der Waals surface area contributed by atoms with E-state index in [1.165, 1.54) is 24.4 Å². The third kappa shape index (κ3) is 5.76. The molecule has 1 amide bonds. The van der Waals surface area contributed by atoms with E-state index in [9.17, 15) is 9.18 Å². The molecule has 0 saturated heterocycles. The second-order valence-corrected chi connectivity index (χ2v) is 6.61. The van der Waals surface area contributed by atoms with Gasteiger partial charge >= 0.3 is 0 Å². The molecule has 3 aromatic rings. The number of nitrogens with one attached hydrogen (secondary N) is 1. The number of rotatable bonds is 6. The predicted molar refractivity (Wildman–Crippen MR) is 106 cm³/mol. The lowest BCUT2D eigenvalue weighted by Gasteiger charge is -2.06.